The average Bonchev–Trinajstić information content (AvgIpc) is 2.06. The van der Waals surface area contributed by atoms with Crippen LogP contribution in [0, 0.1) is 0 Å². The second-order valence-electron chi connectivity index (χ2n) is 3.94. The molecule has 1 fully saturated rings. The first-order valence-electron chi connectivity index (χ1n) is 5.15. The van der Waals surface area contributed by atoms with Crippen molar-refractivity contribution >= 4 is 0 Å². The quantitative estimate of drug-likeness (QED) is 0.677. The van der Waals surface area contributed by atoms with Gasteiger partial charge in [-0.1, -0.05) is 26.2 Å². The third-order valence-corrected chi connectivity index (χ3v) is 3.04. The van der Waals surface area contributed by atoms with Gasteiger partial charge in [-0.15, -0.1) is 0 Å². The van der Waals surface area contributed by atoms with Crippen LogP contribution < -0.4 is 5.32 Å². The lowest BCUT2D eigenvalue weighted by molar-refractivity contribution is -0.0246. The summed E-state index contributed by atoms with van der Waals surface area (Å²) in [5.41, 5.74) is -0.422. The molecule has 12 heavy (non-hydrogen) atoms. The summed E-state index contributed by atoms with van der Waals surface area (Å²) in [5.74, 6) is 0. The van der Waals surface area contributed by atoms with Crippen LogP contribution in [0.4, 0.5) is 0 Å². The predicted molar refractivity (Wildman–Crippen MR) is 51.2 cm³/mol. The molecule has 1 aliphatic rings. The zero-order valence-electron chi connectivity index (χ0n) is 8.27. The molecule has 2 N–H and O–H groups in total. The second-order valence-corrected chi connectivity index (χ2v) is 3.94. The van der Waals surface area contributed by atoms with Crippen LogP contribution in [0.3, 0.4) is 0 Å². The van der Waals surface area contributed by atoms with Crippen molar-refractivity contribution in [3.05, 3.63) is 0 Å². The molecule has 1 saturated carbocycles. The molecule has 0 heterocycles. The topological polar surface area (TPSA) is 32.3 Å². The molecule has 72 valence electrons. The molecule has 1 unspecified atom stereocenters. The Balaban J connectivity index is 2.44. The molecule has 1 aliphatic carbocycles. The summed E-state index contributed by atoms with van der Waals surface area (Å²) in [7, 11) is 0. The zero-order valence-corrected chi connectivity index (χ0v) is 8.27. The number of hydrogen-bond acceptors (Lipinski definition) is 2. The Morgan fingerprint density at radius 1 is 1.33 bits per heavy atom. The van der Waals surface area contributed by atoms with E-state index >= 15 is 0 Å². The first kappa shape index (κ1) is 10.0. The maximum atomic E-state index is 10.2. The lowest BCUT2D eigenvalue weighted by Crippen LogP contribution is -2.50. The summed E-state index contributed by atoms with van der Waals surface area (Å²) in [6.07, 6.45) is 5.61. The van der Waals surface area contributed by atoms with E-state index in [0.29, 0.717) is 0 Å². The first-order chi connectivity index (χ1) is 5.69. The van der Waals surface area contributed by atoms with E-state index in [1.807, 2.05) is 0 Å². The molecule has 0 aliphatic heterocycles. The maximum absolute atomic E-state index is 10.2. The van der Waals surface area contributed by atoms with Crippen molar-refractivity contribution < 1.29 is 5.11 Å². The largest absolute Gasteiger partial charge is 0.388 e. The van der Waals surface area contributed by atoms with Gasteiger partial charge in [-0.3, -0.25) is 0 Å². The summed E-state index contributed by atoms with van der Waals surface area (Å²) in [6, 6.07) is 0.253. The maximum Gasteiger partial charge on any atom is 0.0797 e. The fourth-order valence-corrected chi connectivity index (χ4v) is 2.09. The van der Waals surface area contributed by atoms with Crippen LogP contribution in [0.1, 0.15) is 46.0 Å². The lowest BCUT2D eigenvalue weighted by Gasteiger charge is -2.37. The highest BCUT2D eigenvalue weighted by atomic mass is 16.3. The molecule has 1 rings (SSSR count). The Morgan fingerprint density at radius 2 is 1.92 bits per heavy atom. The van der Waals surface area contributed by atoms with Gasteiger partial charge in [-0.2, -0.15) is 0 Å². The molecule has 0 amide bonds. The van der Waals surface area contributed by atoms with E-state index in [0.717, 1.165) is 19.4 Å². The van der Waals surface area contributed by atoms with Crippen LogP contribution >= 0.6 is 0 Å². The van der Waals surface area contributed by atoms with Gasteiger partial charge in [0.1, 0.15) is 0 Å². The fraction of sp³-hybridized carbons (Fsp3) is 1.00. The second kappa shape index (κ2) is 4.24. The van der Waals surface area contributed by atoms with E-state index in [1.54, 1.807) is 0 Å². The van der Waals surface area contributed by atoms with E-state index in [1.165, 1.54) is 19.3 Å². The molecule has 0 aromatic carbocycles. The van der Waals surface area contributed by atoms with Gasteiger partial charge >= 0.3 is 0 Å². The van der Waals surface area contributed by atoms with Crippen LogP contribution in [0.5, 0.6) is 0 Å². The molecule has 0 radical (unpaired) electrons. The van der Waals surface area contributed by atoms with Gasteiger partial charge in [-0.05, 0) is 26.3 Å². The Labute approximate surface area is 75.4 Å². The summed E-state index contributed by atoms with van der Waals surface area (Å²) in [4.78, 5) is 0. The van der Waals surface area contributed by atoms with E-state index in [4.69, 9.17) is 0 Å². The monoisotopic (exact) mass is 171 g/mol. The molecule has 2 heteroatoms. The van der Waals surface area contributed by atoms with Crippen molar-refractivity contribution in [1.29, 1.82) is 0 Å². The van der Waals surface area contributed by atoms with E-state index in [2.05, 4.69) is 19.2 Å². The van der Waals surface area contributed by atoms with E-state index in [-0.39, 0.29) is 6.04 Å². The van der Waals surface area contributed by atoms with Gasteiger partial charge in [0.05, 0.1) is 5.60 Å². The van der Waals surface area contributed by atoms with Gasteiger partial charge in [-0.25, -0.2) is 0 Å². The normalized spacial score (nSPS) is 25.2. The molecule has 0 aromatic heterocycles. The lowest BCUT2D eigenvalue weighted by atomic mass is 9.80. The number of rotatable bonds is 3. The van der Waals surface area contributed by atoms with Gasteiger partial charge in [0.2, 0.25) is 0 Å². The van der Waals surface area contributed by atoms with Crippen LogP contribution in [0.25, 0.3) is 0 Å². The van der Waals surface area contributed by atoms with Gasteiger partial charge in [0.25, 0.3) is 0 Å². The summed E-state index contributed by atoms with van der Waals surface area (Å²) >= 11 is 0. The van der Waals surface area contributed by atoms with Crippen molar-refractivity contribution in [3.63, 3.8) is 0 Å². The van der Waals surface area contributed by atoms with Crippen molar-refractivity contribution in [2.24, 2.45) is 0 Å². The van der Waals surface area contributed by atoms with Crippen LogP contribution in [0.2, 0.25) is 0 Å². The van der Waals surface area contributed by atoms with Crippen molar-refractivity contribution in [2.75, 3.05) is 6.54 Å². The molecule has 0 aromatic rings. The van der Waals surface area contributed by atoms with Crippen LogP contribution in [-0.4, -0.2) is 23.3 Å². The number of aliphatic hydroxyl groups is 1. The minimum Gasteiger partial charge on any atom is -0.388 e. The highest BCUT2D eigenvalue weighted by molar-refractivity contribution is 4.90. The molecule has 0 saturated heterocycles. The van der Waals surface area contributed by atoms with E-state index in [9.17, 15) is 5.11 Å². The smallest absolute Gasteiger partial charge is 0.0797 e. The Morgan fingerprint density at radius 3 is 2.42 bits per heavy atom. The number of hydrogen-bond donors (Lipinski definition) is 2. The summed E-state index contributed by atoms with van der Waals surface area (Å²) in [5, 5.41) is 13.5. The molecule has 1 atom stereocenters. The van der Waals surface area contributed by atoms with Gasteiger partial charge in [0, 0.05) is 6.04 Å². The van der Waals surface area contributed by atoms with Crippen LogP contribution in [-0.2, 0) is 0 Å². The molecular weight excluding hydrogens is 150 g/mol. The Kier molecular flexibility index (Phi) is 3.53. The molecule has 0 spiro atoms. The van der Waals surface area contributed by atoms with Crippen molar-refractivity contribution in [2.45, 2.75) is 57.6 Å². The third kappa shape index (κ3) is 2.20. The minimum atomic E-state index is -0.422. The minimum absolute atomic E-state index is 0.253. The predicted octanol–water partition coefficient (Wildman–Crippen LogP) is 1.68. The first-order valence-corrected chi connectivity index (χ1v) is 5.15. The standard InChI is InChI=1S/C10H21NO/c1-3-11-9(2)10(12)7-5-4-6-8-10/h9,11-12H,3-8H2,1-2H3. The van der Waals surface area contributed by atoms with Gasteiger partial charge < -0.3 is 10.4 Å². The molecular formula is C10H21NO. The zero-order chi connectivity index (χ0) is 9.03. The van der Waals surface area contributed by atoms with Crippen LogP contribution in [0.15, 0.2) is 0 Å². The van der Waals surface area contributed by atoms with E-state index < -0.39 is 5.60 Å². The van der Waals surface area contributed by atoms with Crippen molar-refractivity contribution in [1.82, 2.24) is 5.32 Å². The number of likely N-dealkylation sites (N-methyl/N-ethyl adjacent to an activating group) is 1. The summed E-state index contributed by atoms with van der Waals surface area (Å²) < 4.78 is 0. The fourth-order valence-electron chi connectivity index (χ4n) is 2.09. The highest BCUT2D eigenvalue weighted by Gasteiger charge is 2.34. The average molecular weight is 171 g/mol. The molecule has 0 bridgehead atoms. The van der Waals surface area contributed by atoms with Crippen molar-refractivity contribution in [3.8, 4) is 0 Å². The Hall–Kier alpha value is -0.0800. The third-order valence-electron chi connectivity index (χ3n) is 3.04. The highest BCUT2D eigenvalue weighted by Crippen LogP contribution is 2.30. The SMILES string of the molecule is CCNC(C)C1(O)CCCCC1. The summed E-state index contributed by atoms with van der Waals surface area (Å²) in [6.45, 7) is 5.13. The molecule has 2 nitrogen and oxygen atoms in total. The Bertz CT molecular complexity index is 130. The number of nitrogens with one attached hydrogen (secondary N) is 1. The van der Waals surface area contributed by atoms with Gasteiger partial charge in [0.15, 0.2) is 0 Å².